The number of thioether (sulfide) groups is 1. The first-order chi connectivity index (χ1) is 8.13. The predicted molar refractivity (Wildman–Crippen MR) is 74.9 cm³/mol. The van der Waals surface area contributed by atoms with E-state index in [1.54, 1.807) is 11.8 Å². The Morgan fingerprint density at radius 3 is 2.71 bits per heavy atom. The van der Waals surface area contributed by atoms with E-state index in [1.165, 1.54) is 0 Å². The summed E-state index contributed by atoms with van der Waals surface area (Å²) in [6, 6.07) is 7.13. The zero-order chi connectivity index (χ0) is 12.7. The molecule has 0 unspecified atom stereocenters. The molecule has 0 aromatic heterocycles. The SMILES string of the molecule is CSCC[C@H](N)C(=O)OCc1ccc(Br)cc1. The molecule has 1 rings (SSSR count). The Morgan fingerprint density at radius 1 is 1.47 bits per heavy atom. The van der Waals surface area contributed by atoms with Crippen LogP contribution in [0, 0.1) is 0 Å². The maximum absolute atomic E-state index is 11.5. The van der Waals surface area contributed by atoms with Gasteiger partial charge in [-0.3, -0.25) is 4.79 Å². The Kier molecular flexibility index (Phi) is 6.62. The minimum Gasteiger partial charge on any atom is -0.460 e. The zero-order valence-electron chi connectivity index (χ0n) is 9.69. The van der Waals surface area contributed by atoms with Crippen LogP contribution in [0.5, 0.6) is 0 Å². The molecule has 5 heteroatoms. The molecule has 0 amide bonds. The third-order valence-electron chi connectivity index (χ3n) is 2.23. The molecule has 0 fully saturated rings. The minimum absolute atomic E-state index is 0.277. The second-order valence-electron chi connectivity index (χ2n) is 3.62. The predicted octanol–water partition coefficient (Wildman–Crippen LogP) is 2.57. The molecule has 0 aliphatic heterocycles. The van der Waals surface area contributed by atoms with Gasteiger partial charge in [0.15, 0.2) is 0 Å². The van der Waals surface area contributed by atoms with Gasteiger partial charge in [0, 0.05) is 4.47 Å². The maximum atomic E-state index is 11.5. The quantitative estimate of drug-likeness (QED) is 0.819. The van der Waals surface area contributed by atoms with Gasteiger partial charge in [0.2, 0.25) is 0 Å². The average Bonchev–Trinajstić information content (AvgIpc) is 2.34. The summed E-state index contributed by atoms with van der Waals surface area (Å²) in [7, 11) is 0. The molecule has 0 saturated heterocycles. The standard InChI is InChI=1S/C12H16BrNO2S/c1-17-7-6-11(14)12(15)16-8-9-2-4-10(13)5-3-9/h2-5,11H,6-8,14H2,1H3/t11-/m0/s1. The van der Waals surface area contributed by atoms with Crippen LogP contribution in [0.25, 0.3) is 0 Å². The van der Waals surface area contributed by atoms with Crippen LogP contribution in [0.1, 0.15) is 12.0 Å². The fourth-order valence-electron chi connectivity index (χ4n) is 1.20. The number of carbonyl (C=O) groups is 1. The summed E-state index contributed by atoms with van der Waals surface area (Å²) in [4.78, 5) is 11.5. The number of hydrogen-bond acceptors (Lipinski definition) is 4. The average molecular weight is 318 g/mol. The summed E-state index contributed by atoms with van der Waals surface area (Å²) in [5, 5.41) is 0. The molecule has 1 aromatic carbocycles. The monoisotopic (exact) mass is 317 g/mol. The van der Waals surface area contributed by atoms with Crippen molar-refractivity contribution in [2.75, 3.05) is 12.0 Å². The zero-order valence-corrected chi connectivity index (χ0v) is 12.1. The number of hydrogen-bond donors (Lipinski definition) is 1. The van der Waals surface area contributed by atoms with Crippen molar-refractivity contribution in [2.24, 2.45) is 5.73 Å². The highest BCUT2D eigenvalue weighted by Crippen LogP contribution is 2.11. The second kappa shape index (κ2) is 7.74. The molecule has 17 heavy (non-hydrogen) atoms. The number of nitrogens with two attached hydrogens (primary N) is 1. The lowest BCUT2D eigenvalue weighted by Gasteiger charge is -2.10. The van der Waals surface area contributed by atoms with Crippen molar-refractivity contribution >= 4 is 33.7 Å². The second-order valence-corrected chi connectivity index (χ2v) is 5.52. The van der Waals surface area contributed by atoms with E-state index in [0.29, 0.717) is 6.42 Å². The highest BCUT2D eigenvalue weighted by Gasteiger charge is 2.14. The summed E-state index contributed by atoms with van der Waals surface area (Å²) in [6.45, 7) is 0.277. The summed E-state index contributed by atoms with van der Waals surface area (Å²) in [5.74, 6) is 0.538. The van der Waals surface area contributed by atoms with Crippen LogP contribution in [0.2, 0.25) is 0 Å². The normalized spacial score (nSPS) is 12.2. The lowest BCUT2D eigenvalue weighted by Crippen LogP contribution is -2.32. The molecule has 0 saturated carbocycles. The van der Waals surface area contributed by atoms with Crippen molar-refractivity contribution in [1.29, 1.82) is 0 Å². The van der Waals surface area contributed by atoms with Crippen LogP contribution in [0.3, 0.4) is 0 Å². The highest BCUT2D eigenvalue weighted by atomic mass is 79.9. The summed E-state index contributed by atoms with van der Waals surface area (Å²) in [6.07, 6.45) is 2.64. The van der Waals surface area contributed by atoms with Gasteiger partial charge in [-0.25, -0.2) is 0 Å². The lowest BCUT2D eigenvalue weighted by atomic mass is 10.2. The van der Waals surface area contributed by atoms with Gasteiger partial charge in [0.25, 0.3) is 0 Å². The highest BCUT2D eigenvalue weighted by molar-refractivity contribution is 9.10. The molecule has 0 aliphatic rings. The number of ether oxygens (including phenoxy) is 1. The molecule has 0 heterocycles. The van der Waals surface area contributed by atoms with Gasteiger partial charge in [0.05, 0.1) is 0 Å². The van der Waals surface area contributed by atoms with Gasteiger partial charge in [-0.05, 0) is 36.1 Å². The van der Waals surface area contributed by atoms with Crippen LogP contribution in [-0.4, -0.2) is 24.0 Å². The van der Waals surface area contributed by atoms with Gasteiger partial charge in [0.1, 0.15) is 12.6 Å². The Labute approximate surface area is 114 Å². The van der Waals surface area contributed by atoms with E-state index in [0.717, 1.165) is 15.8 Å². The van der Waals surface area contributed by atoms with E-state index < -0.39 is 6.04 Å². The van der Waals surface area contributed by atoms with Crippen LogP contribution in [-0.2, 0) is 16.1 Å². The minimum atomic E-state index is -0.516. The first kappa shape index (κ1) is 14.5. The number of rotatable bonds is 6. The Hall–Kier alpha value is -0.520. The van der Waals surface area contributed by atoms with E-state index in [-0.39, 0.29) is 12.6 Å². The fraction of sp³-hybridized carbons (Fsp3) is 0.417. The Balaban J connectivity index is 2.34. The molecule has 1 aromatic rings. The number of halogens is 1. The summed E-state index contributed by atoms with van der Waals surface area (Å²) < 4.78 is 6.14. The molecule has 3 nitrogen and oxygen atoms in total. The third kappa shape index (κ3) is 5.57. The third-order valence-corrected chi connectivity index (χ3v) is 3.40. The van der Waals surface area contributed by atoms with Crippen molar-refractivity contribution in [2.45, 2.75) is 19.1 Å². The number of esters is 1. The Morgan fingerprint density at radius 2 is 2.12 bits per heavy atom. The molecule has 0 bridgehead atoms. The van der Waals surface area contributed by atoms with Gasteiger partial charge >= 0.3 is 5.97 Å². The first-order valence-corrected chi connectivity index (χ1v) is 7.47. The molecule has 2 N–H and O–H groups in total. The maximum Gasteiger partial charge on any atom is 0.323 e. The lowest BCUT2D eigenvalue weighted by molar-refractivity contribution is -0.146. The number of carbonyl (C=O) groups excluding carboxylic acids is 1. The van der Waals surface area contributed by atoms with Crippen LogP contribution in [0.4, 0.5) is 0 Å². The topological polar surface area (TPSA) is 52.3 Å². The van der Waals surface area contributed by atoms with Gasteiger partial charge in [-0.15, -0.1) is 0 Å². The van der Waals surface area contributed by atoms with E-state index in [4.69, 9.17) is 10.5 Å². The van der Waals surface area contributed by atoms with E-state index >= 15 is 0 Å². The largest absolute Gasteiger partial charge is 0.460 e. The van der Waals surface area contributed by atoms with Gasteiger partial charge in [-0.2, -0.15) is 11.8 Å². The van der Waals surface area contributed by atoms with Gasteiger partial charge in [-0.1, -0.05) is 28.1 Å². The smallest absolute Gasteiger partial charge is 0.323 e. The molecular weight excluding hydrogens is 302 g/mol. The Bertz CT molecular complexity index is 356. The fourth-order valence-corrected chi connectivity index (χ4v) is 1.96. The van der Waals surface area contributed by atoms with Crippen LogP contribution >= 0.6 is 27.7 Å². The summed E-state index contributed by atoms with van der Waals surface area (Å²) >= 11 is 5.02. The number of benzene rings is 1. The van der Waals surface area contributed by atoms with E-state index in [1.807, 2.05) is 30.5 Å². The van der Waals surface area contributed by atoms with Crippen molar-refractivity contribution in [3.05, 3.63) is 34.3 Å². The van der Waals surface area contributed by atoms with Crippen molar-refractivity contribution in [3.8, 4) is 0 Å². The molecule has 0 radical (unpaired) electrons. The molecule has 0 aliphatic carbocycles. The van der Waals surface area contributed by atoms with E-state index in [2.05, 4.69) is 15.9 Å². The molecule has 0 spiro atoms. The van der Waals surface area contributed by atoms with Gasteiger partial charge < -0.3 is 10.5 Å². The van der Waals surface area contributed by atoms with Crippen LogP contribution in [0.15, 0.2) is 28.7 Å². The summed E-state index contributed by atoms with van der Waals surface area (Å²) in [5.41, 5.74) is 6.65. The molecule has 1 atom stereocenters. The van der Waals surface area contributed by atoms with Crippen molar-refractivity contribution in [1.82, 2.24) is 0 Å². The van der Waals surface area contributed by atoms with Crippen molar-refractivity contribution in [3.63, 3.8) is 0 Å². The molecule has 94 valence electrons. The first-order valence-electron chi connectivity index (χ1n) is 5.29. The van der Waals surface area contributed by atoms with Crippen LogP contribution < -0.4 is 5.73 Å². The van der Waals surface area contributed by atoms with Crippen molar-refractivity contribution < 1.29 is 9.53 Å². The van der Waals surface area contributed by atoms with E-state index in [9.17, 15) is 4.79 Å². The molecular formula is C12H16BrNO2S.